The second-order valence-electron chi connectivity index (χ2n) is 4.54. The van der Waals surface area contributed by atoms with Gasteiger partial charge in [-0.2, -0.15) is 13.2 Å². The van der Waals surface area contributed by atoms with Crippen LogP contribution in [0.25, 0.3) is 0 Å². The lowest BCUT2D eigenvalue weighted by molar-refractivity contribution is -0.137. The van der Waals surface area contributed by atoms with Crippen molar-refractivity contribution in [3.8, 4) is 0 Å². The summed E-state index contributed by atoms with van der Waals surface area (Å²) >= 11 is 0. The second-order valence-corrected chi connectivity index (χ2v) is 4.54. The number of alkyl halides is 3. The first-order chi connectivity index (χ1) is 8.54. The van der Waals surface area contributed by atoms with Gasteiger partial charge in [-0.25, -0.2) is 0 Å². The lowest BCUT2D eigenvalue weighted by Gasteiger charge is -2.08. The van der Waals surface area contributed by atoms with Crippen LogP contribution in [-0.4, -0.2) is 0 Å². The summed E-state index contributed by atoms with van der Waals surface area (Å²) in [5.74, 6) is 0. The van der Waals surface area contributed by atoms with E-state index in [2.05, 4.69) is 13.3 Å². The first-order valence-corrected chi connectivity index (χ1v) is 6.52. The van der Waals surface area contributed by atoms with Gasteiger partial charge in [0.15, 0.2) is 0 Å². The summed E-state index contributed by atoms with van der Waals surface area (Å²) in [6.45, 7) is 2.16. The molecule has 0 amide bonds. The van der Waals surface area contributed by atoms with Gasteiger partial charge < -0.3 is 0 Å². The molecular formula is C15H20F3. The van der Waals surface area contributed by atoms with E-state index in [-0.39, 0.29) is 0 Å². The molecule has 0 aliphatic rings. The van der Waals surface area contributed by atoms with Crippen molar-refractivity contribution in [2.45, 2.75) is 51.6 Å². The molecule has 0 saturated heterocycles. The monoisotopic (exact) mass is 257 g/mol. The zero-order valence-electron chi connectivity index (χ0n) is 10.8. The van der Waals surface area contributed by atoms with Crippen LogP contribution >= 0.6 is 0 Å². The van der Waals surface area contributed by atoms with Crippen molar-refractivity contribution in [1.82, 2.24) is 0 Å². The molecule has 0 N–H and O–H groups in total. The van der Waals surface area contributed by atoms with Gasteiger partial charge in [0.2, 0.25) is 0 Å². The van der Waals surface area contributed by atoms with Crippen LogP contribution in [0.1, 0.15) is 50.2 Å². The Labute approximate surface area is 107 Å². The smallest absolute Gasteiger partial charge is 0.166 e. The molecule has 0 atom stereocenters. The number of hydrogen-bond acceptors (Lipinski definition) is 0. The van der Waals surface area contributed by atoms with E-state index in [9.17, 15) is 13.2 Å². The molecule has 1 aromatic carbocycles. The van der Waals surface area contributed by atoms with Gasteiger partial charge in [0.25, 0.3) is 0 Å². The summed E-state index contributed by atoms with van der Waals surface area (Å²) in [6, 6.07) is 5.58. The average molecular weight is 257 g/mol. The zero-order chi connectivity index (χ0) is 13.4. The van der Waals surface area contributed by atoms with Crippen LogP contribution in [0.5, 0.6) is 0 Å². The van der Waals surface area contributed by atoms with E-state index in [0.717, 1.165) is 24.5 Å². The Balaban J connectivity index is 2.34. The van der Waals surface area contributed by atoms with Gasteiger partial charge in [0.1, 0.15) is 0 Å². The molecule has 1 rings (SSSR count). The highest BCUT2D eigenvalue weighted by atomic mass is 19.4. The Kier molecular flexibility index (Phi) is 6.23. The Morgan fingerprint density at radius 3 is 2.56 bits per heavy atom. The number of unbranched alkanes of at least 4 members (excludes halogenated alkanes) is 5. The summed E-state index contributed by atoms with van der Waals surface area (Å²) in [5, 5.41) is 0. The molecule has 101 valence electrons. The maximum Gasteiger partial charge on any atom is 0.416 e. The largest absolute Gasteiger partial charge is 0.416 e. The molecule has 0 aliphatic carbocycles. The first-order valence-electron chi connectivity index (χ1n) is 6.52. The second kappa shape index (κ2) is 7.45. The molecule has 0 bridgehead atoms. The van der Waals surface area contributed by atoms with Crippen LogP contribution in [0.15, 0.2) is 24.3 Å². The minimum absolute atomic E-state index is 0.556. The topological polar surface area (TPSA) is 0 Å². The number of rotatable bonds is 7. The maximum absolute atomic E-state index is 12.5. The zero-order valence-corrected chi connectivity index (χ0v) is 10.8. The third kappa shape index (κ3) is 5.56. The molecule has 0 spiro atoms. The maximum atomic E-state index is 12.5. The van der Waals surface area contributed by atoms with Crippen LogP contribution in [-0.2, 0) is 12.6 Å². The predicted molar refractivity (Wildman–Crippen MR) is 68.2 cm³/mol. The number of halogens is 3. The number of benzene rings is 1. The van der Waals surface area contributed by atoms with Gasteiger partial charge in [-0.15, -0.1) is 0 Å². The molecule has 0 aliphatic heterocycles. The van der Waals surface area contributed by atoms with Gasteiger partial charge in [-0.3, -0.25) is 0 Å². The Morgan fingerprint density at radius 2 is 1.89 bits per heavy atom. The Morgan fingerprint density at radius 1 is 1.11 bits per heavy atom. The van der Waals surface area contributed by atoms with Gasteiger partial charge in [-0.1, -0.05) is 50.8 Å². The minimum Gasteiger partial charge on any atom is -0.166 e. The predicted octanol–water partition coefficient (Wildman–Crippen LogP) is 5.42. The fourth-order valence-electron chi connectivity index (χ4n) is 1.86. The van der Waals surface area contributed by atoms with Crippen LogP contribution in [0, 0.1) is 6.42 Å². The first kappa shape index (κ1) is 15.1. The summed E-state index contributed by atoms with van der Waals surface area (Å²) in [4.78, 5) is 0. The number of hydrogen-bond donors (Lipinski definition) is 0. The van der Waals surface area contributed by atoms with E-state index >= 15 is 0 Å². The molecule has 18 heavy (non-hydrogen) atoms. The molecule has 0 unspecified atom stereocenters. The molecule has 0 heterocycles. The van der Waals surface area contributed by atoms with Crippen molar-refractivity contribution < 1.29 is 13.2 Å². The summed E-state index contributed by atoms with van der Waals surface area (Å²) in [6.07, 6.45) is 4.21. The lowest BCUT2D eigenvalue weighted by atomic mass is 10.0. The van der Waals surface area contributed by atoms with E-state index in [1.807, 2.05) is 0 Å². The SMILES string of the molecule is CCCCCC[CH]Cc1cccc(C(F)(F)F)c1. The normalized spacial score (nSPS) is 11.8. The molecule has 1 radical (unpaired) electrons. The van der Waals surface area contributed by atoms with E-state index in [4.69, 9.17) is 0 Å². The van der Waals surface area contributed by atoms with Gasteiger partial charge >= 0.3 is 6.18 Å². The third-order valence-corrected chi connectivity index (χ3v) is 2.90. The minimum atomic E-state index is -4.24. The fourth-order valence-corrected chi connectivity index (χ4v) is 1.86. The fraction of sp³-hybridized carbons (Fsp3) is 0.533. The Hall–Kier alpha value is -0.990. The third-order valence-electron chi connectivity index (χ3n) is 2.90. The van der Waals surface area contributed by atoms with Crippen LogP contribution < -0.4 is 0 Å². The van der Waals surface area contributed by atoms with Crippen molar-refractivity contribution in [2.75, 3.05) is 0 Å². The Bertz CT molecular complexity index is 342. The van der Waals surface area contributed by atoms with E-state index in [0.29, 0.717) is 6.42 Å². The highest BCUT2D eigenvalue weighted by Crippen LogP contribution is 2.29. The average Bonchev–Trinajstić information content (AvgIpc) is 2.33. The quantitative estimate of drug-likeness (QED) is 0.572. The van der Waals surface area contributed by atoms with E-state index < -0.39 is 11.7 Å². The van der Waals surface area contributed by atoms with Crippen molar-refractivity contribution in [3.05, 3.63) is 41.8 Å². The van der Waals surface area contributed by atoms with Crippen molar-refractivity contribution in [1.29, 1.82) is 0 Å². The van der Waals surface area contributed by atoms with E-state index in [1.54, 1.807) is 6.07 Å². The standard InChI is InChI=1S/C15H20F3/c1-2-3-4-5-6-7-9-13-10-8-11-14(12-13)15(16,17)18/h7-8,10-12H,2-6,9H2,1H3. The lowest BCUT2D eigenvalue weighted by Crippen LogP contribution is -2.05. The van der Waals surface area contributed by atoms with Crippen LogP contribution in [0.3, 0.4) is 0 Å². The molecule has 3 heteroatoms. The van der Waals surface area contributed by atoms with Crippen LogP contribution in [0.4, 0.5) is 13.2 Å². The summed E-state index contributed by atoms with van der Waals surface area (Å²) in [7, 11) is 0. The molecule has 1 aromatic rings. The van der Waals surface area contributed by atoms with Crippen molar-refractivity contribution >= 4 is 0 Å². The highest BCUT2D eigenvalue weighted by Gasteiger charge is 2.30. The molecule has 0 saturated carbocycles. The van der Waals surface area contributed by atoms with Gasteiger partial charge in [0, 0.05) is 0 Å². The van der Waals surface area contributed by atoms with Crippen molar-refractivity contribution in [2.24, 2.45) is 0 Å². The summed E-state index contributed by atoms with van der Waals surface area (Å²) in [5.41, 5.74) is 0.180. The molecule has 0 fully saturated rings. The highest BCUT2D eigenvalue weighted by molar-refractivity contribution is 5.26. The van der Waals surface area contributed by atoms with Gasteiger partial charge in [-0.05, 0) is 30.9 Å². The molecule has 0 nitrogen and oxygen atoms in total. The molecular weight excluding hydrogens is 237 g/mol. The molecule has 0 aromatic heterocycles. The van der Waals surface area contributed by atoms with Crippen LogP contribution in [0.2, 0.25) is 0 Å². The van der Waals surface area contributed by atoms with Crippen molar-refractivity contribution in [3.63, 3.8) is 0 Å². The van der Waals surface area contributed by atoms with E-state index in [1.165, 1.54) is 31.4 Å². The summed E-state index contributed by atoms with van der Waals surface area (Å²) < 4.78 is 37.5. The van der Waals surface area contributed by atoms with Gasteiger partial charge in [0.05, 0.1) is 5.56 Å².